The van der Waals surface area contributed by atoms with Crippen molar-refractivity contribution >= 4 is 14.0 Å². The lowest BCUT2D eigenvalue weighted by Gasteiger charge is -2.21. The van der Waals surface area contributed by atoms with Gasteiger partial charge < -0.3 is 4.43 Å². The van der Waals surface area contributed by atoms with Gasteiger partial charge in [-0.3, -0.25) is 4.99 Å². The lowest BCUT2D eigenvalue weighted by Crippen LogP contribution is -2.34. The standard InChI is InChI=1S/C10H23NOSi/c1-9(10(2,3)4)11-8-13(6,7)12-5/h8H2,1-7H3. The third-order valence-electron chi connectivity index (χ3n) is 2.34. The molecule has 0 radical (unpaired) electrons. The van der Waals surface area contributed by atoms with E-state index in [2.05, 4.69) is 45.8 Å². The van der Waals surface area contributed by atoms with E-state index in [1.165, 1.54) is 5.71 Å². The van der Waals surface area contributed by atoms with Crippen LogP contribution in [0, 0.1) is 5.41 Å². The molecule has 0 spiro atoms. The fraction of sp³-hybridized carbons (Fsp3) is 0.900. The Kier molecular flexibility index (Phi) is 4.32. The van der Waals surface area contributed by atoms with Gasteiger partial charge in [0.05, 0.1) is 6.17 Å². The molecule has 0 aromatic heterocycles. The molecule has 0 heterocycles. The molecule has 0 bridgehead atoms. The summed E-state index contributed by atoms with van der Waals surface area (Å²) in [5.74, 6) is 0. The van der Waals surface area contributed by atoms with Crippen LogP contribution in [-0.4, -0.2) is 27.3 Å². The Hall–Kier alpha value is -0.153. The second kappa shape index (κ2) is 4.38. The quantitative estimate of drug-likeness (QED) is 0.508. The van der Waals surface area contributed by atoms with Gasteiger partial charge in [0.1, 0.15) is 0 Å². The van der Waals surface area contributed by atoms with Crippen molar-refractivity contribution in [3.05, 3.63) is 0 Å². The molecule has 0 aromatic carbocycles. The second-order valence-corrected chi connectivity index (χ2v) is 9.36. The van der Waals surface area contributed by atoms with E-state index >= 15 is 0 Å². The van der Waals surface area contributed by atoms with Crippen LogP contribution in [-0.2, 0) is 4.43 Å². The van der Waals surface area contributed by atoms with Crippen LogP contribution in [0.4, 0.5) is 0 Å². The van der Waals surface area contributed by atoms with Crippen molar-refractivity contribution in [2.75, 3.05) is 13.3 Å². The van der Waals surface area contributed by atoms with E-state index in [9.17, 15) is 0 Å². The first-order chi connectivity index (χ1) is 5.69. The van der Waals surface area contributed by atoms with Gasteiger partial charge in [-0.05, 0) is 25.4 Å². The Morgan fingerprint density at radius 2 is 1.77 bits per heavy atom. The Morgan fingerprint density at radius 3 is 2.08 bits per heavy atom. The first-order valence-electron chi connectivity index (χ1n) is 4.76. The average Bonchev–Trinajstić information content (AvgIpc) is 1.98. The van der Waals surface area contributed by atoms with E-state index in [1.54, 1.807) is 7.11 Å². The predicted molar refractivity (Wildman–Crippen MR) is 61.9 cm³/mol. The monoisotopic (exact) mass is 201 g/mol. The normalized spacial score (nSPS) is 14.8. The number of hydrogen-bond donors (Lipinski definition) is 0. The molecule has 0 unspecified atom stereocenters. The van der Waals surface area contributed by atoms with Gasteiger partial charge in [-0.15, -0.1) is 0 Å². The Labute approximate surface area is 83.5 Å². The first kappa shape index (κ1) is 12.8. The maximum Gasteiger partial charge on any atom is 0.207 e. The summed E-state index contributed by atoms with van der Waals surface area (Å²) < 4.78 is 5.43. The van der Waals surface area contributed by atoms with Crippen LogP contribution in [0.3, 0.4) is 0 Å². The lowest BCUT2D eigenvalue weighted by atomic mass is 9.91. The fourth-order valence-corrected chi connectivity index (χ4v) is 1.36. The van der Waals surface area contributed by atoms with E-state index in [1.807, 2.05) is 0 Å². The Balaban J connectivity index is 4.28. The van der Waals surface area contributed by atoms with Crippen LogP contribution in [0.25, 0.3) is 0 Å². The van der Waals surface area contributed by atoms with Crippen molar-refractivity contribution in [2.45, 2.75) is 40.8 Å². The highest BCUT2D eigenvalue weighted by atomic mass is 28.4. The molecule has 13 heavy (non-hydrogen) atoms. The molecule has 0 aliphatic heterocycles. The molecule has 78 valence electrons. The van der Waals surface area contributed by atoms with E-state index in [0.717, 1.165) is 6.17 Å². The molecule has 3 heteroatoms. The molecule has 0 aliphatic rings. The first-order valence-corrected chi connectivity index (χ1v) is 7.87. The second-order valence-electron chi connectivity index (χ2n) is 5.12. The van der Waals surface area contributed by atoms with Crippen LogP contribution in [0.15, 0.2) is 4.99 Å². The number of rotatable bonds is 3. The highest BCUT2D eigenvalue weighted by Gasteiger charge is 2.21. The molecular weight excluding hydrogens is 178 g/mol. The van der Waals surface area contributed by atoms with Crippen LogP contribution < -0.4 is 0 Å². The summed E-state index contributed by atoms with van der Waals surface area (Å²) in [6.07, 6.45) is 0.868. The SMILES string of the molecule is CO[Si](C)(C)CN=C(C)C(C)(C)C. The number of nitrogens with zero attached hydrogens (tertiary/aromatic N) is 1. The number of aliphatic imine (C=N–C) groups is 1. The van der Waals surface area contributed by atoms with Gasteiger partial charge in [0, 0.05) is 12.8 Å². The minimum atomic E-state index is -1.51. The lowest BCUT2D eigenvalue weighted by molar-refractivity contribution is 0.405. The topological polar surface area (TPSA) is 21.6 Å². The summed E-state index contributed by atoms with van der Waals surface area (Å²) in [4.78, 5) is 4.59. The molecule has 0 saturated carbocycles. The van der Waals surface area contributed by atoms with Crippen LogP contribution in [0.5, 0.6) is 0 Å². The highest BCUT2D eigenvalue weighted by molar-refractivity contribution is 6.71. The van der Waals surface area contributed by atoms with E-state index in [0.29, 0.717) is 0 Å². The molecule has 0 aliphatic carbocycles. The van der Waals surface area contributed by atoms with Crippen molar-refractivity contribution in [2.24, 2.45) is 10.4 Å². The van der Waals surface area contributed by atoms with Crippen molar-refractivity contribution in [3.8, 4) is 0 Å². The average molecular weight is 201 g/mol. The summed E-state index contributed by atoms with van der Waals surface area (Å²) >= 11 is 0. The molecule has 0 fully saturated rings. The third-order valence-corrected chi connectivity index (χ3v) is 4.36. The van der Waals surface area contributed by atoms with E-state index in [-0.39, 0.29) is 5.41 Å². The summed E-state index contributed by atoms with van der Waals surface area (Å²) in [5.41, 5.74) is 1.41. The van der Waals surface area contributed by atoms with Gasteiger partial charge in [0.2, 0.25) is 8.32 Å². The van der Waals surface area contributed by atoms with Gasteiger partial charge in [-0.2, -0.15) is 0 Å². The maximum absolute atomic E-state index is 5.43. The number of hydrogen-bond acceptors (Lipinski definition) is 2. The molecular formula is C10H23NOSi. The van der Waals surface area contributed by atoms with Gasteiger partial charge in [-0.25, -0.2) is 0 Å². The summed E-state index contributed by atoms with van der Waals surface area (Å²) in [7, 11) is 0.280. The zero-order valence-corrected chi connectivity index (χ0v) is 11.1. The van der Waals surface area contributed by atoms with Crippen molar-refractivity contribution in [3.63, 3.8) is 0 Å². The molecule has 0 amide bonds. The maximum atomic E-state index is 5.43. The summed E-state index contributed by atoms with van der Waals surface area (Å²) in [6, 6.07) is 0. The highest BCUT2D eigenvalue weighted by Crippen LogP contribution is 2.16. The molecule has 2 nitrogen and oxygen atoms in total. The smallest absolute Gasteiger partial charge is 0.207 e. The zero-order valence-electron chi connectivity index (χ0n) is 10.1. The summed E-state index contributed by atoms with van der Waals surface area (Å²) in [6.45, 7) is 13.0. The Bertz CT molecular complexity index is 192. The zero-order chi connectivity index (χ0) is 10.7. The van der Waals surface area contributed by atoms with Crippen LogP contribution in [0.2, 0.25) is 13.1 Å². The molecule has 0 N–H and O–H groups in total. The fourth-order valence-electron chi connectivity index (χ4n) is 0.611. The van der Waals surface area contributed by atoms with Crippen LogP contribution in [0.1, 0.15) is 27.7 Å². The minimum Gasteiger partial charge on any atom is -0.419 e. The van der Waals surface area contributed by atoms with Gasteiger partial charge in [0.15, 0.2) is 0 Å². The van der Waals surface area contributed by atoms with Crippen LogP contribution >= 0.6 is 0 Å². The summed E-state index contributed by atoms with van der Waals surface area (Å²) in [5, 5.41) is 0. The van der Waals surface area contributed by atoms with Gasteiger partial charge >= 0.3 is 0 Å². The van der Waals surface area contributed by atoms with E-state index in [4.69, 9.17) is 4.43 Å². The van der Waals surface area contributed by atoms with E-state index < -0.39 is 8.32 Å². The van der Waals surface area contributed by atoms with Crippen molar-refractivity contribution in [1.82, 2.24) is 0 Å². The van der Waals surface area contributed by atoms with Crippen molar-refractivity contribution in [1.29, 1.82) is 0 Å². The molecule has 0 saturated heterocycles. The minimum absolute atomic E-state index is 0.193. The third kappa shape index (κ3) is 5.21. The van der Waals surface area contributed by atoms with Crippen molar-refractivity contribution < 1.29 is 4.43 Å². The molecule has 0 rings (SSSR count). The van der Waals surface area contributed by atoms with Gasteiger partial charge in [0.25, 0.3) is 0 Å². The molecule has 0 aromatic rings. The van der Waals surface area contributed by atoms with Gasteiger partial charge in [-0.1, -0.05) is 20.8 Å². The largest absolute Gasteiger partial charge is 0.419 e. The Morgan fingerprint density at radius 1 is 1.31 bits per heavy atom. The molecule has 0 atom stereocenters. The predicted octanol–water partition coefficient (Wildman–Crippen LogP) is 2.88.